The highest BCUT2D eigenvalue weighted by Crippen LogP contribution is 2.58. The number of hydrogen-bond acceptors (Lipinski definition) is 6. The van der Waals surface area contributed by atoms with Crippen LogP contribution in [-0.4, -0.2) is 13.4 Å². The Morgan fingerprint density at radius 2 is 0.624 bits per heavy atom. The molecule has 109 heavy (non-hydrogen) atoms. The number of nitrogens with zero attached hydrogens (tertiary/aromatic N) is 5. The second kappa shape index (κ2) is 26.6. The fourth-order valence-corrected chi connectivity index (χ4v) is 18.5. The number of hydrogen-bond donors (Lipinski definition) is 0. The standard InChI is InChI=1S/C97H63B2F4N5S/c100-70-57-79(68-33-13-3-14-34-68)94(80(58-70)69-35-15-4-16-36-69)108-88-60-77(104(71-37-17-5-18-38-71)72-39-19-6-20-40-72)59-87-92(88)98(81-45-25-27-47-85(81)106(87)73-41-21-7-22-42-73)83-63-84-96(91(95(83)108)97(101,102)103)109-90-62-78(61-89-93(90)99(84)82-46-26-28-48-86(82)107(89)74-43-23-8-24-44-74)105(75-53-49-66(50-54-75)64-29-9-1-10-30-64)76-55-51-67(52-56-76)65-31-11-2-12-32-65/h1-63H. The molecule has 0 unspecified atom stereocenters. The topological polar surface area (TPSA) is 16.2 Å². The molecule has 20 rings (SSSR count). The summed E-state index contributed by atoms with van der Waals surface area (Å²) in [5.74, 6) is -0.537. The van der Waals surface area contributed by atoms with Gasteiger partial charge in [-0.2, -0.15) is 13.2 Å². The summed E-state index contributed by atoms with van der Waals surface area (Å²) in [6.07, 6.45) is -5.06. The van der Waals surface area contributed by atoms with Crippen LogP contribution in [0.25, 0.3) is 44.5 Å². The third-order valence-electron chi connectivity index (χ3n) is 21.7. The largest absolute Gasteiger partial charge is 0.419 e. The molecule has 4 aliphatic heterocycles. The number of anilines is 15. The number of para-hydroxylation sites is 6. The van der Waals surface area contributed by atoms with E-state index in [2.05, 4.69) is 196 Å². The van der Waals surface area contributed by atoms with Crippen molar-refractivity contribution in [3.8, 4) is 44.5 Å². The van der Waals surface area contributed by atoms with Crippen molar-refractivity contribution in [1.82, 2.24) is 0 Å². The Morgan fingerprint density at radius 3 is 1.06 bits per heavy atom. The third-order valence-corrected chi connectivity index (χ3v) is 22.9. The molecule has 0 aromatic heterocycles. The first kappa shape index (κ1) is 65.3. The molecule has 4 heterocycles. The normalized spacial score (nSPS) is 12.8. The average Bonchev–Trinajstić information content (AvgIpc) is 0.675. The monoisotopic (exact) mass is 1430 g/mol. The van der Waals surface area contributed by atoms with Gasteiger partial charge in [-0.25, -0.2) is 4.39 Å². The molecule has 0 amide bonds. The second-order valence-corrected chi connectivity index (χ2v) is 28.9. The molecule has 12 heteroatoms. The Morgan fingerprint density at radius 1 is 0.275 bits per heavy atom. The van der Waals surface area contributed by atoms with Crippen molar-refractivity contribution in [2.75, 3.05) is 24.5 Å². The van der Waals surface area contributed by atoms with Crippen molar-refractivity contribution >= 4 is 143 Å². The van der Waals surface area contributed by atoms with Crippen LogP contribution in [0.2, 0.25) is 0 Å². The highest BCUT2D eigenvalue weighted by molar-refractivity contribution is 8.00. The van der Waals surface area contributed by atoms with Gasteiger partial charge in [0.15, 0.2) is 0 Å². The minimum Gasteiger partial charge on any atom is -0.311 e. The van der Waals surface area contributed by atoms with Gasteiger partial charge in [0.2, 0.25) is 6.71 Å². The lowest BCUT2D eigenvalue weighted by atomic mass is 9.30. The first-order valence-electron chi connectivity index (χ1n) is 36.6. The Kier molecular flexibility index (Phi) is 15.9. The van der Waals surface area contributed by atoms with Crippen molar-refractivity contribution in [1.29, 1.82) is 0 Å². The predicted molar refractivity (Wildman–Crippen MR) is 446 cm³/mol. The molecule has 0 radical (unpaired) electrons. The summed E-state index contributed by atoms with van der Waals surface area (Å²) < 4.78 is 74.6. The van der Waals surface area contributed by atoms with E-state index >= 15 is 17.6 Å². The van der Waals surface area contributed by atoms with Gasteiger partial charge in [0.05, 0.1) is 22.6 Å². The summed E-state index contributed by atoms with van der Waals surface area (Å²) in [4.78, 5) is 11.6. The van der Waals surface area contributed by atoms with Gasteiger partial charge in [0, 0.05) is 89.2 Å². The van der Waals surface area contributed by atoms with Crippen LogP contribution in [0.15, 0.2) is 392 Å². The minimum atomic E-state index is -5.06. The van der Waals surface area contributed by atoms with Gasteiger partial charge in [-0.15, -0.1) is 0 Å². The molecule has 516 valence electrons. The first-order valence-corrected chi connectivity index (χ1v) is 37.4. The van der Waals surface area contributed by atoms with E-state index in [1.807, 2.05) is 199 Å². The zero-order valence-electron chi connectivity index (χ0n) is 58.7. The van der Waals surface area contributed by atoms with Gasteiger partial charge in [0.25, 0.3) is 6.71 Å². The van der Waals surface area contributed by atoms with Crippen molar-refractivity contribution in [3.63, 3.8) is 0 Å². The van der Waals surface area contributed by atoms with Crippen molar-refractivity contribution in [2.24, 2.45) is 0 Å². The zero-order chi connectivity index (χ0) is 72.8. The van der Waals surface area contributed by atoms with Crippen LogP contribution >= 0.6 is 11.8 Å². The maximum atomic E-state index is 19.0. The van der Waals surface area contributed by atoms with E-state index in [-0.39, 0.29) is 10.6 Å². The SMILES string of the molecule is Fc1cc(-c2ccccc2)c(N2c3cc(N(c4ccccc4)c4ccccc4)cc4c3B(c3ccccc3N4c3ccccc3)c3cc4c(c(C(F)(F)F)c32)Sc2cc(N(c3ccc(-c5ccccc5)cc3)c3ccc(-c5ccccc5)cc3)cc3c2B4c2ccccc2N3c2ccccc2)c(-c2ccccc2)c1. The van der Waals surface area contributed by atoms with Gasteiger partial charge < -0.3 is 24.5 Å². The summed E-state index contributed by atoms with van der Waals surface area (Å²) in [6, 6.07) is 128. The van der Waals surface area contributed by atoms with Crippen LogP contribution in [0.4, 0.5) is 103 Å². The molecule has 0 bridgehead atoms. The van der Waals surface area contributed by atoms with Crippen molar-refractivity contribution in [2.45, 2.75) is 16.0 Å². The molecule has 0 fully saturated rings. The minimum absolute atomic E-state index is 0.0391. The van der Waals surface area contributed by atoms with Crippen LogP contribution in [0, 0.1) is 5.82 Å². The van der Waals surface area contributed by atoms with E-state index < -0.39 is 31.0 Å². The van der Waals surface area contributed by atoms with E-state index in [4.69, 9.17) is 0 Å². The summed E-state index contributed by atoms with van der Waals surface area (Å²) in [7, 11) is 0. The quantitative estimate of drug-likeness (QED) is 0.0839. The molecular weight excluding hydrogens is 1360 g/mol. The number of halogens is 4. The van der Waals surface area contributed by atoms with Gasteiger partial charge in [-0.05, 0) is 182 Å². The van der Waals surface area contributed by atoms with E-state index in [0.717, 1.165) is 107 Å². The number of fused-ring (bicyclic) bond motifs is 8. The number of benzene rings is 16. The van der Waals surface area contributed by atoms with Crippen LogP contribution in [0.5, 0.6) is 0 Å². The van der Waals surface area contributed by atoms with Crippen LogP contribution < -0.4 is 57.3 Å². The molecule has 0 saturated heterocycles. The van der Waals surface area contributed by atoms with E-state index in [1.165, 1.54) is 23.9 Å². The molecule has 0 aliphatic carbocycles. The lowest BCUT2D eigenvalue weighted by molar-refractivity contribution is -0.139. The zero-order valence-corrected chi connectivity index (χ0v) is 59.5. The lowest BCUT2D eigenvalue weighted by Crippen LogP contribution is -2.65. The Balaban J connectivity index is 0.919. The summed E-state index contributed by atoms with van der Waals surface area (Å²) >= 11 is 1.19. The van der Waals surface area contributed by atoms with E-state index in [0.29, 0.717) is 55.1 Å². The van der Waals surface area contributed by atoms with Crippen LogP contribution in [0.1, 0.15) is 5.56 Å². The number of rotatable bonds is 13. The predicted octanol–water partition coefficient (Wildman–Crippen LogP) is 23.3. The molecule has 0 saturated carbocycles. The van der Waals surface area contributed by atoms with E-state index in [9.17, 15) is 0 Å². The molecule has 0 N–H and O–H groups in total. The fraction of sp³-hybridized carbons (Fsp3) is 0.0103. The average molecular weight is 1430 g/mol. The maximum Gasteiger partial charge on any atom is 0.419 e. The van der Waals surface area contributed by atoms with Gasteiger partial charge in [-0.1, -0.05) is 278 Å². The first-order chi connectivity index (χ1) is 53.7. The molecule has 0 spiro atoms. The molecular formula is C97H63B2F4N5S. The molecule has 5 nitrogen and oxygen atoms in total. The molecule has 16 aromatic rings. The Hall–Kier alpha value is -13.3. The molecule has 4 aliphatic rings. The molecule has 16 aromatic carbocycles. The summed E-state index contributed by atoms with van der Waals surface area (Å²) in [5.41, 5.74) is 20.6. The second-order valence-electron chi connectivity index (χ2n) is 27.9. The Labute approximate surface area is 635 Å². The highest BCUT2D eigenvalue weighted by Gasteiger charge is 2.53. The molecule has 0 atom stereocenters. The van der Waals surface area contributed by atoms with Crippen LogP contribution in [0.3, 0.4) is 0 Å². The summed E-state index contributed by atoms with van der Waals surface area (Å²) in [5, 5.41) is 0. The smallest absolute Gasteiger partial charge is 0.311 e. The van der Waals surface area contributed by atoms with Crippen molar-refractivity contribution < 1.29 is 17.6 Å². The highest BCUT2D eigenvalue weighted by atomic mass is 32.2. The fourth-order valence-electron chi connectivity index (χ4n) is 17.1. The summed E-state index contributed by atoms with van der Waals surface area (Å²) in [6.45, 7) is -1.53. The Bertz CT molecular complexity index is 5970. The van der Waals surface area contributed by atoms with Gasteiger partial charge in [0.1, 0.15) is 5.82 Å². The maximum absolute atomic E-state index is 19.0. The lowest BCUT2D eigenvalue weighted by Gasteiger charge is -2.47. The van der Waals surface area contributed by atoms with Gasteiger partial charge in [-0.3, -0.25) is 0 Å². The third kappa shape index (κ3) is 11.1. The van der Waals surface area contributed by atoms with Gasteiger partial charge >= 0.3 is 6.18 Å². The van der Waals surface area contributed by atoms with Crippen LogP contribution in [-0.2, 0) is 6.18 Å². The number of alkyl halides is 3. The van der Waals surface area contributed by atoms with Crippen molar-refractivity contribution in [3.05, 3.63) is 394 Å². The van der Waals surface area contributed by atoms with E-state index in [1.54, 1.807) is 0 Å².